The van der Waals surface area contributed by atoms with E-state index in [-0.39, 0.29) is 0 Å². The van der Waals surface area contributed by atoms with Crippen molar-refractivity contribution in [3.63, 3.8) is 0 Å². The number of nitrogens with zero attached hydrogens (tertiary/aromatic N) is 2. The van der Waals surface area contributed by atoms with E-state index < -0.39 is 0 Å². The molecule has 1 N–H and O–H groups in total. The van der Waals surface area contributed by atoms with Gasteiger partial charge in [-0.05, 0) is 43.3 Å². The number of methoxy groups -OCH3 is 2. The minimum atomic E-state index is 0.435. The Hall–Kier alpha value is -3.50. The lowest BCUT2D eigenvalue weighted by atomic mass is 10.2. The van der Waals surface area contributed by atoms with Crippen LogP contribution in [0.15, 0.2) is 54.0 Å². The molecule has 0 saturated heterocycles. The third-order valence-corrected chi connectivity index (χ3v) is 4.97. The number of nitrogens with one attached hydrogen (secondary N) is 1. The third-order valence-electron chi connectivity index (χ3n) is 4.10. The molecule has 7 heteroatoms. The molecule has 148 valence electrons. The van der Waals surface area contributed by atoms with Crippen LogP contribution in [0.1, 0.15) is 11.9 Å². The molecule has 1 aromatic heterocycles. The number of hydrogen-bond donors (Lipinski definition) is 1. The van der Waals surface area contributed by atoms with Crippen molar-refractivity contribution in [2.24, 2.45) is 0 Å². The van der Waals surface area contributed by atoms with Crippen LogP contribution in [-0.2, 0) is 0 Å². The van der Waals surface area contributed by atoms with Gasteiger partial charge in [-0.1, -0.05) is 0 Å². The number of benzene rings is 2. The number of anilines is 1. The topological polar surface area (TPSA) is 76.4 Å². The fourth-order valence-electron chi connectivity index (χ4n) is 2.63. The average Bonchev–Trinajstić information content (AvgIpc) is 3.25. The van der Waals surface area contributed by atoms with E-state index >= 15 is 0 Å². The molecule has 6 nitrogen and oxygen atoms in total. The van der Waals surface area contributed by atoms with Gasteiger partial charge in [0.2, 0.25) is 0 Å². The normalized spacial score (nSPS) is 10.9. The van der Waals surface area contributed by atoms with Crippen molar-refractivity contribution in [3.05, 3.63) is 59.1 Å². The molecule has 0 aliphatic carbocycles. The Bertz CT molecular complexity index is 1040. The van der Waals surface area contributed by atoms with Gasteiger partial charge in [0.15, 0.2) is 0 Å². The van der Waals surface area contributed by atoms with Gasteiger partial charge in [-0.3, -0.25) is 0 Å². The highest BCUT2D eigenvalue weighted by Gasteiger charge is 2.10. The maximum Gasteiger partial charge on any atom is 0.145 e. The average molecular weight is 407 g/mol. The van der Waals surface area contributed by atoms with Crippen LogP contribution in [0, 0.1) is 11.3 Å². The number of allylic oxidation sites excluding steroid dienone is 1. The molecule has 0 atom stereocenters. The van der Waals surface area contributed by atoms with E-state index in [0.29, 0.717) is 28.7 Å². The van der Waals surface area contributed by atoms with E-state index in [0.717, 1.165) is 22.7 Å². The van der Waals surface area contributed by atoms with Crippen molar-refractivity contribution in [2.45, 2.75) is 6.92 Å². The number of nitriles is 1. The Labute approximate surface area is 174 Å². The van der Waals surface area contributed by atoms with E-state index in [1.165, 1.54) is 11.3 Å². The molecule has 0 fully saturated rings. The molecule has 0 amide bonds. The molecule has 3 rings (SSSR count). The third kappa shape index (κ3) is 4.86. The number of rotatable bonds is 8. The first-order valence-electron chi connectivity index (χ1n) is 8.96. The van der Waals surface area contributed by atoms with Gasteiger partial charge in [-0.2, -0.15) is 5.26 Å². The molecule has 0 unspecified atom stereocenters. The van der Waals surface area contributed by atoms with Gasteiger partial charge in [-0.25, -0.2) is 4.98 Å². The van der Waals surface area contributed by atoms with E-state index in [4.69, 9.17) is 14.2 Å². The van der Waals surface area contributed by atoms with Gasteiger partial charge in [0.25, 0.3) is 0 Å². The second kappa shape index (κ2) is 9.62. The highest BCUT2D eigenvalue weighted by molar-refractivity contribution is 7.11. The van der Waals surface area contributed by atoms with Crippen molar-refractivity contribution in [3.8, 4) is 34.6 Å². The summed E-state index contributed by atoms with van der Waals surface area (Å²) in [5.41, 5.74) is 2.95. The summed E-state index contributed by atoms with van der Waals surface area (Å²) in [6, 6.07) is 15.4. The summed E-state index contributed by atoms with van der Waals surface area (Å²) in [6.07, 6.45) is 1.63. The van der Waals surface area contributed by atoms with Crippen molar-refractivity contribution < 1.29 is 14.2 Å². The van der Waals surface area contributed by atoms with Crippen LogP contribution in [0.25, 0.3) is 16.8 Å². The van der Waals surface area contributed by atoms with Crippen LogP contribution in [-0.4, -0.2) is 25.8 Å². The number of hydrogen-bond acceptors (Lipinski definition) is 7. The summed E-state index contributed by atoms with van der Waals surface area (Å²) in [4.78, 5) is 4.61. The molecule has 0 spiro atoms. The summed E-state index contributed by atoms with van der Waals surface area (Å²) in [5.74, 6) is 2.13. The monoisotopic (exact) mass is 407 g/mol. The molecular formula is C22H21N3O3S. The first kappa shape index (κ1) is 20.2. The maximum absolute atomic E-state index is 9.58. The summed E-state index contributed by atoms with van der Waals surface area (Å²) < 4.78 is 16.0. The molecule has 0 bridgehead atoms. The Morgan fingerprint density at radius 2 is 1.90 bits per heavy atom. The fraction of sp³-hybridized carbons (Fsp3) is 0.182. The SMILES string of the molecule is CCOc1ccc(-c2csc(/C(C#N)=C/Nc3ccc(OC)cc3OC)n2)cc1. The fourth-order valence-corrected chi connectivity index (χ4v) is 3.42. The lowest BCUT2D eigenvalue weighted by molar-refractivity contribution is 0.340. The van der Waals surface area contributed by atoms with Crippen LogP contribution in [0.5, 0.6) is 17.2 Å². The first-order chi connectivity index (χ1) is 14.2. The zero-order valence-corrected chi connectivity index (χ0v) is 17.2. The Kier molecular flexibility index (Phi) is 6.72. The number of aromatic nitrogens is 1. The number of ether oxygens (including phenoxy) is 3. The molecule has 0 saturated carbocycles. The van der Waals surface area contributed by atoms with Gasteiger partial charge in [0.1, 0.15) is 33.9 Å². The molecule has 1 heterocycles. The minimum absolute atomic E-state index is 0.435. The van der Waals surface area contributed by atoms with Crippen LogP contribution in [0.4, 0.5) is 5.69 Å². The predicted octanol–water partition coefficient (Wildman–Crippen LogP) is 5.20. The van der Waals surface area contributed by atoms with Gasteiger partial charge < -0.3 is 19.5 Å². The van der Waals surface area contributed by atoms with Crippen molar-refractivity contribution >= 4 is 22.6 Å². The van der Waals surface area contributed by atoms with E-state index in [1.807, 2.05) is 48.7 Å². The molecule has 3 aromatic rings. The highest BCUT2D eigenvalue weighted by Crippen LogP contribution is 2.31. The van der Waals surface area contributed by atoms with E-state index in [2.05, 4.69) is 16.4 Å². The van der Waals surface area contributed by atoms with Gasteiger partial charge in [-0.15, -0.1) is 11.3 Å². The summed E-state index contributed by atoms with van der Waals surface area (Å²) in [7, 11) is 3.18. The smallest absolute Gasteiger partial charge is 0.145 e. The standard InChI is InChI=1S/C22H21N3O3S/c1-4-28-17-7-5-15(6-8-17)20-14-29-22(25-20)16(12-23)13-24-19-10-9-18(26-2)11-21(19)27-3/h5-11,13-14,24H,4H2,1-3H3/b16-13+. The van der Waals surface area contributed by atoms with Gasteiger partial charge in [0.05, 0.1) is 32.2 Å². The zero-order valence-electron chi connectivity index (χ0n) is 16.4. The Morgan fingerprint density at radius 3 is 2.55 bits per heavy atom. The predicted molar refractivity (Wildman–Crippen MR) is 115 cm³/mol. The maximum atomic E-state index is 9.58. The summed E-state index contributed by atoms with van der Waals surface area (Å²) in [5, 5.41) is 15.3. The molecule has 29 heavy (non-hydrogen) atoms. The molecule has 0 aliphatic rings. The summed E-state index contributed by atoms with van der Waals surface area (Å²) >= 11 is 1.42. The van der Waals surface area contributed by atoms with Crippen molar-refractivity contribution in [1.82, 2.24) is 4.98 Å². The van der Waals surface area contributed by atoms with Crippen LogP contribution in [0.2, 0.25) is 0 Å². The molecule has 2 aromatic carbocycles. The van der Waals surface area contributed by atoms with Gasteiger partial charge in [0, 0.05) is 23.2 Å². The lowest BCUT2D eigenvalue weighted by Crippen LogP contribution is -1.95. The molecular weight excluding hydrogens is 386 g/mol. The summed E-state index contributed by atoms with van der Waals surface area (Å²) in [6.45, 7) is 2.58. The quantitative estimate of drug-likeness (QED) is 0.517. The van der Waals surface area contributed by atoms with Crippen LogP contribution < -0.4 is 19.5 Å². The van der Waals surface area contributed by atoms with Gasteiger partial charge >= 0.3 is 0 Å². The molecule has 0 radical (unpaired) electrons. The largest absolute Gasteiger partial charge is 0.497 e. The van der Waals surface area contributed by atoms with E-state index in [1.54, 1.807) is 26.5 Å². The Morgan fingerprint density at radius 1 is 1.14 bits per heavy atom. The minimum Gasteiger partial charge on any atom is -0.497 e. The number of thiazole rings is 1. The van der Waals surface area contributed by atoms with Crippen LogP contribution in [0.3, 0.4) is 0 Å². The van der Waals surface area contributed by atoms with Crippen molar-refractivity contribution in [2.75, 3.05) is 26.1 Å². The van der Waals surface area contributed by atoms with E-state index in [9.17, 15) is 5.26 Å². The van der Waals surface area contributed by atoms with Crippen LogP contribution >= 0.6 is 11.3 Å². The Balaban J connectivity index is 1.80. The molecule has 0 aliphatic heterocycles. The lowest BCUT2D eigenvalue weighted by Gasteiger charge is -2.10. The van der Waals surface area contributed by atoms with Crippen molar-refractivity contribution in [1.29, 1.82) is 5.26 Å². The second-order valence-corrected chi connectivity index (χ2v) is 6.73. The highest BCUT2D eigenvalue weighted by atomic mass is 32.1. The zero-order chi connectivity index (χ0) is 20.6. The second-order valence-electron chi connectivity index (χ2n) is 5.88. The first-order valence-corrected chi connectivity index (χ1v) is 9.84.